The highest BCUT2D eigenvalue weighted by atomic mass is 19.1. The molecule has 1 fully saturated rings. The minimum Gasteiger partial charge on any atom is -0.391 e. The molecule has 1 saturated heterocycles. The number of aliphatic hydroxyl groups excluding tert-OH is 1. The number of halogens is 1. The number of carbonyl (C=O) groups excluding carboxylic acids is 1. The summed E-state index contributed by atoms with van der Waals surface area (Å²) in [4.78, 5) is 13.8. The summed E-state index contributed by atoms with van der Waals surface area (Å²) in [6.45, 7) is 5.08. The summed E-state index contributed by atoms with van der Waals surface area (Å²) < 4.78 is 12.8. The van der Waals surface area contributed by atoms with Gasteiger partial charge >= 0.3 is 0 Å². The second-order valence-electron chi connectivity index (χ2n) is 5.90. The number of amides is 1. The molecule has 1 amide bonds. The van der Waals surface area contributed by atoms with Crippen molar-refractivity contribution in [1.29, 1.82) is 0 Å². The molecule has 1 aromatic carbocycles. The summed E-state index contributed by atoms with van der Waals surface area (Å²) in [7, 11) is 0. The van der Waals surface area contributed by atoms with Crippen molar-refractivity contribution >= 4 is 5.91 Å². The molecular weight excluding hydrogens is 245 g/mol. The van der Waals surface area contributed by atoms with Crippen LogP contribution in [0.2, 0.25) is 0 Å². The Morgan fingerprint density at radius 2 is 2.05 bits per heavy atom. The third kappa shape index (κ3) is 3.32. The predicted octanol–water partition coefficient (Wildman–Crippen LogP) is 1.99. The zero-order chi connectivity index (χ0) is 14.0. The maximum atomic E-state index is 12.8. The molecule has 0 spiro atoms. The molecular formula is C15H20FNO2. The molecule has 1 aliphatic heterocycles. The third-order valence-corrected chi connectivity index (χ3v) is 3.94. The van der Waals surface area contributed by atoms with Crippen LogP contribution in [0.1, 0.15) is 25.8 Å². The predicted molar refractivity (Wildman–Crippen MR) is 71.1 cm³/mol. The number of rotatable bonds is 2. The molecule has 2 rings (SSSR count). The minimum absolute atomic E-state index is 0.0128. The molecule has 1 aromatic rings. The van der Waals surface area contributed by atoms with Crippen LogP contribution in [0.25, 0.3) is 0 Å². The number of carbonyl (C=O) groups is 1. The Kier molecular flexibility index (Phi) is 3.90. The molecule has 4 heteroatoms. The first-order valence-electron chi connectivity index (χ1n) is 6.59. The first-order valence-corrected chi connectivity index (χ1v) is 6.59. The lowest BCUT2D eigenvalue weighted by atomic mass is 9.80. The van der Waals surface area contributed by atoms with Crippen LogP contribution in [0.5, 0.6) is 0 Å². The molecule has 1 aliphatic rings. The molecule has 1 atom stereocenters. The van der Waals surface area contributed by atoms with Crippen LogP contribution in [0.3, 0.4) is 0 Å². The van der Waals surface area contributed by atoms with Crippen molar-refractivity contribution in [3.8, 4) is 0 Å². The van der Waals surface area contributed by atoms with Crippen LogP contribution in [0.4, 0.5) is 4.39 Å². The van der Waals surface area contributed by atoms with Crippen molar-refractivity contribution < 1.29 is 14.3 Å². The van der Waals surface area contributed by atoms with Gasteiger partial charge < -0.3 is 10.0 Å². The minimum atomic E-state index is -0.488. The highest BCUT2D eigenvalue weighted by Crippen LogP contribution is 2.30. The normalized spacial score (nSPS) is 22.3. The van der Waals surface area contributed by atoms with E-state index in [9.17, 15) is 14.3 Å². The van der Waals surface area contributed by atoms with Gasteiger partial charge in [0.25, 0.3) is 0 Å². The molecule has 0 aromatic heterocycles. The molecule has 0 aliphatic carbocycles. The number of benzene rings is 1. The van der Waals surface area contributed by atoms with Gasteiger partial charge in [0.05, 0.1) is 12.5 Å². The largest absolute Gasteiger partial charge is 0.391 e. The molecule has 0 saturated carbocycles. The molecule has 1 unspecified atom stereocenters. The van der Waals surface area contributed by atoms with Gasteiger partial charge in [-0.1, -0.05) is 26.0 Å². The van der Waals surface area contributed by atoms with Crippen molar-refractivity contribution in [2.75, 3.05) is 13.1 Å². The van der Waals surface area contributed by atoms with Gasteiger partial charge in [0.15, 0.2) is 0 Å². The van der Waals surface area contributed by atoms with Crippen molar-refractivity contribution in [2.24, 2.45) is 5.41 Å². The van der Waals surface area contributed by atoms with E-state index in [0.29, 0.717) is 13.1 Å². The molecule has 104 valence electrons. The van der Waals surface area contributed by atoms with Crippen molar-refractivity contribution in [3.63, 3.8) is 0 Å². The molecule has 19 heavy (non-hydrogen) atoms. The van der Waals surface area contributed by atoms with Gasteiger partial charge in [0, 0.05) is 13.1 Å². The van der Waals surface area contributed by atoms with Gasteiger partial charge in [-0.15, -0.1) is 0 Å². The zero-order valence-corrected chi connectivity index (χ0v) is 11.4. The van der Waals surface area contributed by atoms with Gasteiger partial charge in [0.1, 0.15) is 5.82 Å². The summed E-state index contributed by atoms with van der Waals surface area (Å²) in [6.07, 6.45) is 0.565. The first kappa shape index (κ1) is 14.0. The Morgan fingerprint density at radius 1 is 1.42 bits per heavy atom. The second-order valence-corrected chi connectivity index (χ2v) is 5.90. The van der Waals surface area contributed by atoms with Gasteiger partial charge in [-0.05, 0) is 29.5 Å². The van der Waals surface area contributed by atoms with E-state index in [-0.39, 0.29) is 23.6 Å². The van der Waals surface area contributed by atoms with Crippen LogP contribution in [-0.2, 0) is 11.2 Å². The fourth-order valence-corrected chi connectivity index (χ4v) is 2.25. The van der Waals surface area contributed by atoms with Crippen molar-refractivity contribution in [1.82, 2.24) is 4.90 Å². The monoisotopic (exact) mass is 265 g/mol. The maximum absolute atomic E-state index is 12.8. The van der Waals surface area contributed by atoms with Gasteiger partial charge in [-0.3, -0.25) is 4.79 Å². The van der Waals surface area contributed by atoms with Crippen LogP contribution in [-0.4, -0.2) is 35.1 Å². The number of hydrogen-bond donors (Lipinski definition) is 1. The standard InChI is InChI=1S/C15H20FNO2/c1-15(2)7-8-17(10-13(15)18)14(19)9-11-3-5-12(16)6-4-11/h3-6,13,18H,7-10H2,1-2H3. The van der Waals surface area contributed by atoms with E-state index in [0.717, 1.165) is 12.0 Å². The maximum Gasteiger partial charge on any atom is 0.227 e. The topological polar surface area (TPSA) is 40.5 Å². The molecule has 1 heterocycles. The summed E-state index contributed by atoms with van der Waals surface area (Å²) in [5, 5.41) is 10.0. The SMILES string of the molecule is CC1(C)CCN(C(=O)Cc2ccc(F)cc2)CC1O. The Balaban J connectivity index is 1.96. The van der Waals surface area contributed by atoms with Crippen LogP contribution < -0.4 is 0 Å². The Bertz CT molecular complexity index is 456. The quantitative estimate of drug-likeness (QED) is 0.888. The van der Waals surface area contributed by atoms with E-state index >= 15 is 0 Å². The number of β-amino-alcohol motifs (C(OH)–C–C–N with tert-alkyl or cyclic N) is 1. The lowest BCUT2D eigenvalue weighted by Gasteiger charge is -2.41. The lowest BCUT2D eigenvalue weighted by molar-refractivity contribution is -0.137. The first-order chi connectivity index (χ1) is 8.88. The van der Waals surface area contributed by atoms with E-state index in [1.54, 1.807) is 17.0 Å². The van der Waals surface area contributed by atoms with Crippen LogP contribution >= 0.6 is 0 Å². The summed E-state index contributed by atoms with van der Waals surface area (Å²) >= 11 is 0. The van der Waals surface area contributed by atoms with Crippen LogP contribution in [0.15, 0.2) is 24.3 Å². The van der Waals surface area contributed by atoms with E-state index < -0.39 is 6.10 Å². The smallest absolute Gasteiger partial charge is 0.227 e. The van der Waals surface area contributed by atoms with E-state index in [4.69, 9.17) is 0 Å². The van der Waals surface area contributed by atoms with Crippen molar-refractivity contribution in [2.45, 2.75) is 32.8 Å². The van der Waals surface area contributed by atoms with E-state index in [1.807, 2.05) is 13.8 Å². The fourth-order valence-electron chi connectivity index (χ4n) is 2.25. The average Bonchev–Trinajstić information content (AvgIpc) is 2.35. The van der Waals surface area contributed by atoms with E-state index in [2.05, 4.69) is 0 Å². The molecule has 3 nitrogen and oxygen atoms in total. The average molecular weight is 265 g/mol. The molecule has 0 radical (unpaired) electrons. The Hall–Kier alpha value is -1.42. The summed E-state index contributed by atoms with van der Waals surface area (Å²) in [5.41, 5.74) is 0.665. The van der Waals surface area contributed by atoms with Crippen molar-refractivity contribution in [3.05, 3.63) is 35.6 Å². The van der Waals surface area contributed by atoms with Gasteiger partial charge in [-0.2, -0.15) is 0 Å². The number of piperidine rings is 1. The third-order valence-electron chi connectivity index (χ3n) is 3.94. The number of likely N-dealkylation sites (tertiary alicyclic amines) is 1. The number of aliphatic hydroxyl groups is 1. The lowest BCUT2D eigenvalue weighted by Crippen LogP contribution is -2.50. The van der Waals surface area contributed by atoms with E-state index in [1.165, 1.54) is 12.1 Å². The number of nitrogens with zero attached hydrogens (tertiary/aromatic N) is 1. The van der Waals surface area contributed by atoms with Crippen LogP contribution in [0, 0.1) is 11.2 Å². The zero-order valence-electron chi connectivity index (χ0n) is 11.4. The Morgan fingerprint density at radius 3 is 2.63 bits per heavy atom. The number of hydrogen-bond acceptors (Lipinski definition) is 2. The molecule has 0 bridgehead atoms. The Labute approximate surface area is 113 Å². The molecule has 1 N–H and O–H groups in total. The van der Waals surface area contributed by atoms with Gasteiger partial charge in [-0.25, -0.2) is 4.39 Å². The highest BCUT2D eigenvalue weighted by molar-refractivity contribution is 5.78. The summed E-state index contributed by atoms with van der Waals surface area (Å²) in [5.74, 6) is -0.312. The highest BCUT2D eigenvalue weighted by Gasteiger charge is 2.35. The van der Waals surface area contributed by atoms with Gasteiger partial charge in [0.2, 0.25) is 5.91 Å². The second kappa shape index (κ2) is 5.29. The summed E-state index contributed by atoms with van der Waals surface area (Å²) in [6, 6.07) is 5.96. The fraction of sp³-hybridized carbons (Fsp3) is 0.533.